The molecule has 0 amide bonds. The fourth-order valence-electron chi connectivity index (χ4n) is 0.899. The van der Waals surface area contributed by atoms with Crippen LogP contribution in [-0.4, -0.2) is 6.98 Å². The van der Waals surface area contributed by atoms with Crippen molar-refractivity contribution in [2.75, 3.05) is 5.73 Å². The molecule has 0 aliphatic heterocycles. The molecule has 2 N–H and O–H groups in total. The molecule has 6 heteroatoms. The van der Waals surface area contributed by atoms with Crippen LogP contribution in [0.5, 0.6) is 0 Å². The van der Waals surface area contributed by atoms with Crippen LogP contribution in [0, 0.1) is 0 Å². The summed E-state index contributed by atoms with van der Waals surface area (Å²) in [5.74, 6) is 0. The molecule has 0 bridgehead atoms. The Labute approximate surface area is 72.4 Å². The highest BCUT2D eigenvalue weighted by atomic mass is 35.5. The highest BCUT2D eigenvalue weighted by Gasteiger charge is 2.29. The maximum atomic E-state index is 12.2. The second-order valence-corrected chi connectivity index (χ2v) is 2.72. The molecule has 0 spiro atoms. The summed E-state index contributed by atoms with van der Waals surface area (Å²) in [4.78, 5) is 0. The molecule has 0 unspecified atom stereocenters. The molecule has 66 valence electrons. The number of rotatable bonds is 1. The SMILES string of the molecule is Nc1cccc(Cl)c1[B-](F)(F)F. The molecule has 0 saturated heterocycles. The van der Waals surface area contributed by atoms with Crippen LogP contribution in [0.15, 0.2) is 18.2 Å². The Morgan fingerprint density at radius 3 is 2.17 bits per heavy atom. The lowest BCUT2D eigenvalue weighted by Gasteiger charge is -2.18. The van der Waals surface area contributed by atoms with Crippen molar-refractivity contribution >= 4 is 29.7 Å². The lowest BCUT2D eigenvalue weighted by molar-refractivity contribution is 0.501. The van der Waals surface area contributed by atoms with E-state index in [0.717, 1.165) is 0 Å². The fourth-order valence-corrected chi connectivity index (χ4v) is 1.20. The Bertz CT molecular complexity index is 279. The molecule has 0 aliphatic rings. The van der Waals surface area contributed by atoms with E-state index in [9.17, 15) is 12.9 Å². The summed E-state index contributed by atoms with van der Waals surface area (Å²) in [6, 6.07) is 3.72. The summed E-state index contributed by atoms with van der Waals surface area (Å²) in [6.45, 7) is -5.11. The van der Waals surface area contributed by atoms with Gasteiger partial charge in [-0.25, -0.2) is 0 Å². The van der Waals surface area contributed by atoms with Crippen molar-refractivity contribution in [3.05, 3.63) is 23.2 Å². The topological polar surface area (TPSA) is 26.0 Å². The predicted octanol–water partition coefficient (Wildman–Crippen LogP) is 1.98. The monoisotopic (exact) mass is 194 g/mol. The van der Waals surface area contributed by atoms with E-state index in [2.05, 4.69) is 0 Å². The van der Waals surface area contributed by atoms with Crippen molar-refractivity contribution in [1.29, 1.82) is 0 Å². The molecule has 0 atom stereocenters. The minimum absolute atomic E-state index is 0.324. The predicted molar refractivity (Wildman–Crippen MR) is 44.6 cm³/mol. The number of nitrogens with two attached hydrogens (primary N) is 1. The van der Waals surface area contributed by atoms with Gasteiger partial charge in [0.05, 0.1) is 0 Å². The molecule has 0 aromatic heterocycles. The first kappa shape index (κ1) is 9.25. The third kappa shape index (κ3) is 1.66. The smallest absolute Gasteiger partial charge is 0.445 e. The average molecular weight is 194 g/mol. The summed E-state index contributed by atoms with van der Waals surface area (Å²) in [7, 11) is 0. The van der Waals surface area contributed by atoms with E-state index in [1.807, 2.05) is 0 Å². The van der Waals surface area contributed by atoms with Gasteiger partial charge in [-0.2, -0.15) is 0 Å². The number of anilines is 1. The van der Waals surface area contributed by atoms with E-state index in [0.29, 0.717) is 0 Å². The van der Waals surface area contributed by atoms with Gasteiger partial charge >= 0.3 is 6.98 Å². The molecule has 1 aromatic rings. The minimum atomic E-state index is -5.11. The quantitative estimate of drug-likeness (QED) is 0.537. The summed E-state index contributed by atoms with van der Waals surface area (Å²) in [6.07, 6.45) is 0. The normalized spacial score (nSPS) is 11.7. The van der Waals surface area contributed by atoms with Crippen LogP contribution in [0.3, 0.4) is 0 Å². The molecule has 0 fully saturated rings. The Balaban J connectivity index is 3.31. The summed E-state index contributed by atoms with van der Waals surface area (Å²) in [5.41, 5.74) is 3.89. The van der Waals surface area contributed by atoms with Gasteiger partial charge in [0.2, 0.25) is 0 Å². The maximum absolute atomic E-state index is 12.2. The minimum Gasteiger partial charge on any atom is -0.445 e. The van der Waals surface area contributed by atoms with Crippen molar-refractivity contribution in [3.63, 3.8) is 0 Å². The highest BCUT2D eigenvalue weighted by Crippen LogP contribution is 2.19. The van der Waals surface area contributed by atoms with Crippen LogP contribution in [0.1, 0.15) is 0 Å². The Kier molecular flexibility index (Phi) is 2.23. The first-order valence-electron chi connectivity index (χ1n) is 3.17. The van der Waals surface area contributed by atoms with E-state index in [1.54, 1.807) is 0 Å². The van der Waals surface area contributed by atoms with E-state index >= 15 is 0 Å². The van der Waals surface area contributed by atoms with Crippen LogP contribution in [0.2, 0.25) is 5.02 Å². The second kappa shape index (κ2) is 2.90. The Hall–Kier alpha value is -0.835. The van der Waals surface area contributed by atoms with E-state index < -0.39 is 12.4 Å². The third-order valence-electron chi connectivity index (χ3n) is 1.41. The molecule has 0 radical (unpaired) electrons. The largest absolute Gasteiger partial charge is 0.513 e. The van der Waals surface area contributed by atoms with Crippen molar-refractivity contribution in [1.82, 2.24) is 0 Å². The van der Waals surface area contributed by atoms with Gasteiger partial charge in [0.25, 0.3) is 0 Å². The molecule has 1 aromatic carbocycles. The van der Waals surface area contributed by atoms with Crippen LogP contribution >= 0.6 is 11.6 Å². The number of nitrogen functional groups attached to an aromatic ring is 1. The van der Waals surface area contributed by atoms with Crippen LogP contribution < -0.4 is 11.2 Å². The second-order valence-electron chi connectivity index (χ2n) is 2.32. The number of halogens is 4. The zero-order valence-electron chi connectivity index (χ0n) is 5.90. The molecule has 0 heterocycles. The molecule has 0 saturated carbocycles. The van der Waals surface area contributed by atoms with Gasteiger partial charge in [0.1, 0.15) is 0 Å². The maximum Gasteiger partial charge on any atom is 0.513 e. The molecular weight excluding hydrogens is 189 g/mol. The van der Waals surface area contributed by atoms with Gasteiger partial charge in [-0.05, 0) is 12.1 Å². The average Bonchev–Trinajstić information content (AvgIpc) is 1.82. The lowest BCUT2D eigenvalue weighted by Crippen LogP contribution is -2.37. The Morgan fingerprint density at radius 2 is 1.83 bits per heavy atom. The highest BCUT2D eigenvalue weighted by molar-refractivity contribution is 6.77. The molecular formula is C6H5BClF3N-. The van der Waals surface area contributed by atoms with Crippen LogP contribution in [-0.2, 0) is 0 Å². The zero-order valence-corrected chi connectivity index (χ0v) is 6.65. The van der Waals surface area contributed by atoms with Gasteiger partial charge in [-0.3, -0.25) is 0 Å². The van der Waals surface area contributed by atoms with Crippen molar-refractivity contribution < 1.29 is 12.9 Å². The van der Waals surface area contributed by atoms with Crippen molar-refractivity contribution in [3.8, 4) is 0 Å². The van der Waals surface area contributed by atoms with Crippen molar-refractivity contribution in [2.24, 2.45) is 0 Å². The van der Waals surface area contributed by atoms with Crippen LogP contribution in [0.25, 0.3) is 0 Å². The van der Waals surface area contributed by atoms with Gasteiger partial charge in [0, 0.05) is 10.7 Å². The van der Waals surface area contributed by atoms with E-state index in [1.165, 1.54) is 18.2 Å². The summed E-state index contributed by atoms with van der Waals surface area (Å²) in [5, 5.41) is -0.345. The van der Waals surface area contributed by atoms with Crippen molar-refractivity contribution in [2.45, 2.75) is 0 Å². The molecule has 1 rings (SSSR count). The van der Waals surface area contributed by atoms with Gasteiger partial charge in [-0.15, -0.1) is 0 Å². The first-order valence-corrected chi connectivity index (χ1v) is 3.54. The van der Waals surface area contributed by atoms with Gasteiger partial charge in [0.15, 0.2) is 0 Å². The lowest BCUT2D eigenvalue weighted by atomic mass is 9.79. The number of hydrogen-bond donors (Lipinski definition) is 1. The van der Waals surface area contributed by atoms with Crippen LogP contribution in [0.4, 0.5) is 18.6 Å². The van der Waals surface area contributed by atoms with Gasteiger partial charge in [-0.1, -0.05) is 23.1 Å². The number of benzene rings is 1. The summed E-state index contributed by atoms with van der Waals surface area (Å²) < 4.78 is 36.6. The molecule has 12 heavy (non-hydrogen) atoms. The van der Waals surface area contributed by atoms with E-state index in [-0.39, 0.29) is 10.7 Å². The first-order chi connectivity index (χ1) is 5.43. The fraction of sp³-hybridized carbons (Fsp3) is 0. The number of hydrogen-bond acceptors (Lipinski definition) is 1. The molecule has 0 aliphatic carbocycles. The molecule has 1 nitrogen and oxygen atoms in total. The zero-order chi connectivity index (χ0) is 9.35. The van der Waals surface area contributed by atoms with Gasteiger partial charge < -0.3 is 18.7 Å². The Morgan fingerprint density at radius 1 is 1.25 bits per heavy atom. The summed E-state index contributed by atoms with van der Waals surface area (Å²) >= 11 is 5.33. The van der Waals surface area contributed by atoms with E-state index in [4.69, 9.17) is 17.3 Å². The standard InChI is InChI=1S/C6H5BClF3N/c8-4-2-1-3-5(12)6(4)7(9,10)11/h1-3H,12H2/q-1. The third-order valence-corrected chi connectivity index (χ3v) is 1.74.